The van der Waals surface area contributed by atoms with E-state index >= 15 is 0 Å². The molecule has 1 heterocycles. The van der Waals surface area contributed by atoms with Gasteiger partial charge in [-0.15, -0.1) is 11.3 Å². The van der Waals surface area contributed by atoms with Crippen LogP contribution in [-0.2, 0) is 11.2 Å². The minimum Gasteiger partial charge on any atom is -0.481 e. The number of halogens is 1. The summed E-state index contributed by atoms with van der Waals surface area (Å²) in [7, 11) is 0. The number of unbranched alkanes of at least 4 members (excludes halogenated alkanes) is 1. The highest BCUT2D eigenvalue weighted by Crippen LogP contribution is 2.39. The average Bonchev–Trinajstić information content (AvgIpc) is 3.27. The molecule has 3 nitrogen and oxygen atoms in total. The van der Waals surface area contributed by atoms with E-state index in [0.29, 0.717) is 24.7 Å². The maximum Gasteiger partial charge on any atom is 0.303 e. The van der Waals surface area contributed by atoms with Crippen LogP contribution in [0.2, 0.25) is 5.02 Å². The fourth-order valence-electron chi connectivity index (χ4n) is 4.22. The van der Waals surface area contributed by atoms with Gasteiger partial charge in [0.2, 0.25) is 0 Å². The van der Waals surface area contributed by atoms with Crippen LogP contribution in [0.3, 0.4) is 0 Å². The molecule has 2 N–H and O–H groups in total. The summed E-state index contributed by atoms with van der Waals surface area (Å²) in [4.78, 5) is 11.7. The van der Waals surface area contributed by atoms with Gasteiger partial charge in [-0.25, -0.2) is 0 Å². The first-order chi connectivity index (χ1) is 15.0. The third-order valence-corrected chi connectivity index (χ3v) is 7.78. The minimum absolute atomic E-state index is 0.219. The number of aryl methyl sites for hydroxylation is 1. The molecule has 0 bridgehead atoms. The molecule has 1 fully saturated rings. The standard InChI is InChI=1S/C26H31ClO3S/c1-18-12-13-19(21(18)8-4-2-3-5-11-25(29)30)14-15-20(28)16-17-24-26(27)22-9-6-7-10-23(22)31-24/h2,4,6-7,9-10,14-15,19-21,28H,1,3,5,8,11-13,16-17H2,(H,29,30)/b4-2-,15-14+/t19-,20?,21+/m1/s1. The summed E-state index contributed by atoms with van der Waals surface area (Å²) in [6, 6.07) is 8.15. The molecular weight excluding hydrogens is 428 g/mol. The van der Waals surface area contributed by atoms with Crippen molar-refractivity contribution in [2.24, 2.45) is 11.8 Å². The lowest BCUT2D eigenvalue weighted by molar-refractivity contribution is -0.137. The van der Waals surface area contributed by atoms with Crippen molar-refractivity contribution in [1.29, 1.82) is 0 Å². The van der Waals surface area contributed by atoms with E-state index < -0.39 is 12.1 Å². The molecule has 2 aromatic rings. The lowest BCUT2D eigenvalue weighted by atomic mass is 9.89. The molecule has 1 unspecified atom stereocenters. The van der Waals surface area contributed by atoms with E-state index in [4.69, 9.17) is 16.7 Å². The van der Waals surface area contributed by atoms with E-state index in [2.05, 4.69) is 30.9 Å². The number of fused-ring (bicyclic) bond motifs is 1. The molecular formula is C26H31ClO3S. The lowest BCUT2D eigenvalue weighted by Crippen LogP contribution is -2.08. The summed E-state index contributed by atoms with van der Waals surface area (Å²) in [6.07, 6.45) is 14.0. The molecule has 1 aliphatic carbocycles. The first-order valence-corrected chi connectivity index (χ1v) is 12.2. The average molecular weight is 459 g/mol. The van der Waals surface area contributed by atoms with E-state index in [1.807, 2.05) is 24.3 Å². The van der Waals surface area contributed by atoms with Crippen molar-refractivity contribution in [3.63, 3.8) is 0 Å². The number of carboxylic acid groups (broad SMARTS) is 1. The number of hydrogen-bond acceptors (Lipinski definition) is 3. The molecule has 1 aliphatic rings. The second kappa shape index (κ2) is 11.7. The van der Waals surface area contributed by atoms with Crippen molar-refractivity contribution in [3.8, 4) is 0 Å². The number of aliphatic hydroxyl groups is 1. The molecule has 166 valence electrons. The predicted molar refractivity (Wildman–Crippen MR) is 131 cm³/mol. The van der Waals surface area contributed by atoms with E-state index in [1.54, 1.807) is 11.3 Å². The van der Waals surface area contributed by atoms with Crippen LogP contribution in [0.15, 0.2) is 60.7 Å². The Morgan fingerprint density at radius 1 is 1.32 bits per heavy atom. The topological polar surface area (TPSA) is 57.5 Å². The number of thiophene rings is 1. The zero-order valence-electron chi connectivity index (χ0n) is 17.8. The summed E-state index contributed by atoms with van der Waals surface area (Å²) in [5, 5.41) is 21.1. The first kappa shape index (κ1) is 23.8. The Morgan fingerprint density at radius 3 is 2.90 bits per heavy atom. The Kier molecular flexibility index (Phi) is 8.94. The van der Waals surface area contributed by atoms with Gasteiger partial charge in [0.15, 0.2) is 0 Å². The first-order valence-electron chi connectivity index (χ1n) is 11.0. The van der Waals surface area contributed by atoms with Crippen LogP contribution in [0.5, 0.6) is 0 Å². The number of benzene rings is 1. The van der Waals surface area contributed by atoms with Gasteiger partial charge in [-0.2, -0.15) is 0 Å². The van der Waals surface area contributed by atoms with Gasteiger partial charge in [0.25, 0.3) is 0 Å². The number of allylic oxidation sites excluding steroid dienone is 4. The largest absolute Gasteiger partial charge is 0.481 e. The fraction of sp³-hybridized carbons (Fsp3) is 0.423. The third-order valence-electron chi connectivity index (χ3n) is 6.01. The summed E-state index contributed by atoms with van der Waals surface area (Å²) >= 11 is 8.22. The molecule has 0 aliphatic heterocycles. The summed E-state index contributed by atoms with van der Waals surface area (Å²) < 4.78 is 1.19. The number of aliphatic carboxylic acids is 1. The Bertz CT molecular complexity index is 959. The predicted octanol–water partition coefficient (Wildman–Crippen LogP) is 7.19. The van der Waals surface area contributed by atoms with Gasteiger partial charge in [0, 0.05) is 21.4 Å². The van der Waals surface area contributed by atoms with Gasteiger partial charge >= 0.3 is 5.97 Å². The zero-order valence-corrected chi connectivity index (χ0v) is 19.4. The highest BCUT2D eigenvalue weighted by Gasteiger charge is 2.27. The Morgan fingerprint density at radius 2 is 2.13 bits per heavy atom. The van der Waals surface area contributed by atoms with Gasteiger partial charge in [-0.3, -0.25) is 4.79 Å². The van der Waals surface area contributed by atoms with Crippen molar-refractivity contribution < 1.29 is 15.0 Å². The highest BCUT2D eigenvalue weighted by atomic mass is 35.5. The summed E-state index contributed by atoms with van der Waals surface area (Å²) in [5.41, 5.74) is 1.27. The lowest BCUT2D eigenvalue weighted by Gasteiger charge is -2.16. The zero-order chi connectivity index (χ0) is 22.2. The third kappa shape index (κ3) is 6.80. The summed E-state index contributed by atoms with van der Waals surface area (Å²) in [5.74, 6) is 0.0610. The van der Waals surface area contributed by atoms with Crippen molar-refractivity contribution in [1.82, 2.24) is 0 Å². The smallest absolute Gasteiger partial charge is 0.303 e. The molecule has 3 atom stereocenters. The monoisotopic (exact) mass is 458 g/mol. The van der Waals surface area contributed by atoms with E-state index in [1.165, 1.54) is 10.3 Å². The maximum absolute atomic E-state index is 10.6. The number of hydrogen-bond donors (Lipinski definition) is 2. The Balaban J connectivity index is 1.48. The van der Waals surface area contributed by atoms with Crippen LogP contribution in [0.4, 0.5) is 0 Å². The second-order valence-corrected chi connectivity index (χ2v) is 9.80. The second-order valence-electron chi connectivity index (χ2n) is 8.29. The molecule has 5 heteroatoms. The van der Waals surface area contributed by atoms with Gasteiger partial charge in [-0.1, -0.05) is 66.3 Å². The maximum atomic E-state index is 10.6. The van der Waals surface area contributed by atoms with Crippen LogP contribution in [0.25, 0.3) is 10.1 Å². The molecule has 0 amide bonds. The van der Waals surface area contributed by atoms with Gasteiger partial charge in [-0.05, 0) is 62.8 Å². The van der Waals surface area contributed by atoms with Crippen LogP contribution >= 0.6 is 22.9 Å². The van der Waals surface area contributed by atoms with Crippen LogP contribution in [0, 0.1) is 11.8 Å². The number of carboxylic acids is 1. The van der Waals surface area contributed by atoms with E-state index in [-0.39, 0.29) is 6.42 Å². The van der Waals surface area contributed by atoms with Crippen LogP contribution < -0.4 is 0 Å². The van der Waals surface area contributed by atoms with E-state index in [0.717, 1.165) is 47.4 Å². The summed E-state index contributed by atoms with van der Waals surface area (Å²) in [6.45, 7) is 4.24. The molecule has 0 saturated heterocycles. The SMILES string of the molecule is C=C1CC[C@H](/C=C/C(O)CCc2sc3ccccc3c2Cl)[C@H]1C/C=C\CCCC(=O)O. The normalized spacial score (nSPS) is 20.4. The van der Waals surface area contributed by atoms with E-state index in [9.17, 15) is 9.90 Å². The number of carbonyl (C=O) groups is 1. The van der Waals surface area contributed by atoms with Crippen LogP contribution in [-0.4, -0.2) is 22.3 Å². The van der Waals surface area contributed by atoms with Gasteiger partial charge in [0.05, 0.1) is 11.1 Å². The van der Waals surface area contributed by atoms with Crippen molar-refractivity contribution >= 4 is 39.0 Å². The highest BCUT2D eigenvalue weighted by molar-refractivity contribution is 7.19. The molecule has 31 heavy (non-hydrogen) atoms. The molecule has 1 saturated carbocycles. The molecule has 1 aromatic heterocycles. The van der Waals surface area contributed by atoms with Crippen molar-refractivity contribution in [2.75, 3.05) is 0 Å². The van der Waals surface area contributed by atoms with Gasteiger partial charge < -0.3 is 10.2 Å². The number of rotatable bonds is 11. The van der Waals surface area contributed by atoms with Crippen molar-refractivity contribution in [3.05, 3.63) is 70.6 Å². The quantitative estimate of drug-likeness (QED) is 0.276. The fourth-order valence-corrected chi connectivity index (χ4v) is 5.76. The number of aliphatic hydroxyl groups excluding tert-OH is 1. The Hall–Kier alpha value is -1.88. The Labute approximate surface area is 193 Å². The van der Waals surface area contributed by atoms with Gasteiger partial charge in [0.1, 0.15) is 0 Å². The molecule has 0 radical (unpaired) electrons. The van der Waals surface area contributed by atoms with Crippen molar-refractivity contribution in [2.45, 2.75) is 57.5 Å². The molecule has 0 spiro atoms. The molecule has 3 rings (SSSR count). The molecule has 1 aromatic carbocycles. The van der Waals surface area contributed by atoms with Crippen LogP contribution in [0.1, 0.15) is 49.8 Å². The minimum atomic E-state index is -0.740.